The average Bonchev–Trinajstić information content (AvgIpc) is 3.16. The molecule has 0 bridgehead atoms. The first-order chi connectivity index (χ1) is 12.3. The third-order valence-corrected chi connectivity index (χ3v) is 7.65. The Morgan fingerprint density at radius 2 is 2.04 bits per heavy atom. The van der Waals surface area contributed by atoms with Gasteiger partial charge in [0.15, 0.2) is 9.84 Å². The van der Waals surface area contributed by atoms with Gasteiger partial charge in [-0.05, 0) is 37.6 Å². The van der Waals surface area contributed by atoms with Gasteiger partial charge in [-0.25, -0.2) is 13.4 Å². The molecule has 1 aliphatic rings. The molecule has 0 radical (unpaired) electrons. The summed E-state index contributed by atoms with van der Waals surface area (Å²) in [7, 11) is 0.306. The van der Waals surface area contributed by atoms with Gasteiger partial charge in [0.2, 0.25) is 5.91 Å². The highest BCUT2D eigenvalue weighted by atomic mass is 32.2. The van der Waals surface area contributed by atoms with Gasteiger partial charge >= 0.3 is 0 Å². The van der Waals surface area contributed by atoms with Crippen LogP contribution in [0.3, 0.4) is 0 Å². The molecule has 1 aromatic carbocycles. The molecule has 1 aliphatic heterocycles. The quantitative estimate of drug-likeness (QED) is 0.778. The largest absolute Gasteiger partial charge is 0.497 e. The fourth-order valence-electron chi connectivity index (χ4n) is 3.00. The Labute approximate surface area is 157 Å². The molecule has 1 unspecified atom stereocenters. The topological polar surface area (TPSA) is 76.6 Å². The van der Waals surface area contributed by atoms with Gasteiger partial charge in [0, 0.05) is 23.5 Å². The van der Waals surface area contributed by atoms with E-state index in [9.17, 15) is 13.2 Å². The Balaban J connectivity index is 1.71. The van der Waals surface area contributed by atoms with Crippen LogP contribution in [-0.2, 0) is 21.1 Å². The van der Waals surface area contributed by atoms with E-state index in [1.807, 2.05) is 31.2 Å². The molecular weight excluding hydrogens is 372 g/mol. The average molecular weight is 395 g/mol. The van der Waals surface area contributed by atoms with Crippen molar-refractivity contribution in [1.29, 1.82) is 0 Å². The number of sulfone groups is 1. The molecule has 3 rings (SSSR count). The van der Waals surface area contributed by atoms with E-state index in [2.05, 4.69) is 4.98 Å². The van der Waals surface area contributed by atoms with Gasteiger partial charge in [-0.15, -0.1) is 11.3 Å². The Bertz CT molecular complexity index is 904. The van der Waals surface area contributed by atoms with Gasteiger partial charge in [0.1, 0.15) is 10.8 Å². The van der Waals surface area contributed by atoms with Crippen LogP contribution in [0.15, 0.2) is 24.3 Å². The zero-order valence-electron chi connectivity index (χ0n) is 15.1. The molecule has 2 heterocycles. The van der Waals surface area contributed by atoms with E-state index in [0.717, 1.165) is 26.9 Å². The molecule has 26 heavy (non-hydrogen) atoms. The van der Waals surface area contributed by atoms with E-state index in [1.54, 1.807) is 19.1 Å². The minimum Gasteiger partial charge on any atom is -0.497 e. The summed E-state index contributed by atoms with van der Waals surface area (Å²) < 4.78 is 28.4. The fraction of sp³-hybridized carbons (Fsp3) is 0.444. The van der Waals surface area contributed by atoms with E-state index in [0.29, 0.717) is 6.42 Å². The molecule has 0 N–H and O–H groups in total. The van der Waals surface area contributed by atoms with Crippen LogP contribution in [0, 0.1) is 6.92 Å². The van der Waals surface area contributed by atoms with E-state index in [4.69, 9.17) is 4.74 Å². The molecule has 0 aliphatic carbocycles. The van der Waals surface area contributed by atoms with E-state index >= 15 is 0 Å². The van der Waals surface area contributed by atoms with Crippen molar-refractivity contribution in [1.82, 2.24) is 9.88 Å². The van der Waals surface area contributed by atoms with E-state index in [1.165, 1.54) is 11.3 Å². The molecule has 140 valence electrons. The number of likely N-dealkylation sites (N-methyl/N-ethyl adjacent to an activating group) is 1. The van der Waals surface area contributed by atoms with Crippen LogP contribution < -0.4 is 4.74 Å². The molecule has 1 fully saturated rings. The molecule has 8 heteroatoms. The number of thiazole rings is 1. The van der Waals surface area contributed by atoms with Crippen molar-refractivity contribution in [2.24, 2.45) is 0 Å². The maximum absolute atomic E-state index is 12.6. The number of rotatable bonds is 5. The fourth-order valence-corrected chi connectivity index (χ4v) is 5.83. The SMILES string of the molecule is COc1ccc(-c2nc(C)c(CC(=O)N(C)C3CCS(=O)(=O)C3)s2)cc1. The first-order valence-corrected chi connectivity index (χ1v) is 11.0. The second-order valence-corrected chi connectivity index (χ2v) is 9.81. The maximum Gasteiger partial charge on any atom is 0.227 e. The van der Waals surface area contributed by atoms with Crippen LogP contribution in [0.4, 0.5) is 0 Å². The number of aryl methyl sites for hydroxylation is 1. The highest BCUT2D eigenvalue weighted by molar-refractivity contribution is 7.91. The van der Waals surface area contributed by atoms with Crippen LogP contribution in [0.1, 0.15) is 17.0 Å². The van der Waals surface area contributed by atoms with Crippen molar-refractivity contribution in [3.05, 3.63) is 34.8 Å². The van der Waals surface area contributed by atoms with Crippen molar-refractivity contribution in [3.8, 4) is 16.3 Å². The van der Waals surface area contributed by atoms with Crippen LogP contribution in [0.25, 0.3) is 10.6 Å². The van der Waals surface area contributed by atoms with Gasteiger partial charge in [-0.2, -0.15) is 0 Å². The number of carbonyl (C=O) groups is 1. The van der Waals surface area contributed by atoms with Gasteiger partial charge in [-0.1, -0.05) is 0 Å². The normalized spacial score (nSPS) is 18.7. The number of aromatic nitrogens is 1. The Morgan fingerprint density at radius 1 is 1.35 bits per heavy atom. The summed E-state index contributed by atoms with van der Waals surface area (Å²) in [6.45, 7) is 1.90. The molecule has 1 saturated heterocycles. The molecule has 1 amide bonds. The summed E-state index contributed by atoms with van der Waals surface area (Å²) in [5.41, 5.74) is 1.81. The number of methoxy groups -OCH3 is 1. The van der Waals surface area contributed by atoms with E-state index in [-0.39, 0.29) is 29.9 Å². The summed E-state index contributed by atoms with van der Waals surface area (Å²) in [5.74, 6) is 0.940. The van der Waals surface area contributed by atoms with Gasteiger partial charge in [-0.3, -0.25) is 4.79 Å². The minimum absolute atomic E-state index is 0.0635. The summed E-state index contributed by atoms with van der Waals surface area (Å²) in [4.78, 5) is 19.7. The first-order valence-electron chi connectivity index (χ1n) is 8.36. The van der Waals surface area contributed by atoms with Crippen LogP contribution >= 0.6 is 11.3 Å². The number of hydrogen-bond acceptors (Lipinski definition) is 6. The molecule has 2 aromatic rings. The summed E-state index contributed by atoms with van der Waals surface area (Å²) in [6, 6.07) is 7.43. The van der Waals surface area contributed by atoms with Crippen LogP contribution in [0.5, 0.6) is 5.75 Å². The highest BCUT2D eigenvalue weighted by Gasteiger charge is 2.32. The van der Waals surface area contributed by atoms with Crippen molar-refractivity contribution < 1.29 is 17.9 Å². The number of nitrogens with zero attached hydrogens (tertiary/aromatic N) is 2. The van der Waals surface area contributed by atoms with Gasteiger partial charge < -0.3 is 9.64 Å². The van der Waals surface area contributed by atoms with Crippen LogP contribution in [0.2, 0.25) is 0 Å². The third-order valence-electron chi connectivity index (χ3n) is 4.69. The standard InChI is InChI=1S/C18H22N2O4S2/c1-12-16(10-17(21)20(2)14-8-9-26(22,23)11-14)25-18(19-12)13-4-6-15(24-3)7-5-13/h4-7,14H,8-11H2,1-3H3. The predicted molar refractivity (Wildman–Crippen MR) is 102 cm³/mol. The maximum atomic E-state index is 12.6. The summed E-state index contributed by atoms with van der Waals surface area (Å²) in [6.07, 6.45) is 0.760. The second-order valence-electron chi connectivity index (χ2n) is 6.49. The van der Waals surface area contributed by atoms with Crippen LogP contribution in [-0.4, -0.2) is 55.9 Å². The first kappa shape index (κ1) is 18.8. The molecular formula is C18H22N2O4S2. The van der Waals surface area contributed by atoms with E-state index < -0.39 is 9.84 Å². The number of ether oxygens (including phenoxy) is 1. The van der Waals surface area contributed by atoms with Crippen molar-refractivity contribution in [2.75, 3.05) is 25.7 Å². The molecule has 0 saturated carbocycles. The highest BCUT2D eigenvalue weighted by Crippen LogP contribution is 2.30. The smallest absolute Gasteiger partial charge is 0.227 e. The Hall–Kier alpha value is -1.93. The predicted octanol–water partition coefficient (Wildman–Crippen LogP) is 2.32. The lowest BCUT2D eigenvalue weighted by Crippen LogP contribution is -2.38. The number of amides is 1. The van der Waals surface area contributed by atoms with Gasteiger partial charge in [0.05, 0.1) is 30.7 Å². The second kappa shape index (κ2) is 7.36. The number of hydrogen-bond donors (Lipinski definition) is 0. The van der Waals surface area contributed by atoms with Crippen molar-refractivity contribution in [2.45, 2.75) is 25.8 Å². The minimum atomic E-state index is -3.01. The Kier molecular flexibility index (Phi) is 5.34. The summed E-state index contributed by atoms with van der Waals surface area (Å²) >= 11 is 1.50. The molecule has 6 nitrogen and oxygen atoms in total. The third kappa shape index (κ3) is 4.07. The number of benzene rings is 1. The lowest BCUT2D eigenvalue weighted by molar-refractivity contribution is -0.130. The lowest BCUT2D eigenvalue weighted by atomic mass is 10.2. The zero-order chi connectivity index (χ0) is 18.9. The van der Waals surface area contributed by atoms with Crippen molar-refractivity contribution >= 4 is 27.1 Å². The zero-order valence-corrected chi connectivity index (χ0v) is 16.7. The molecule has 0 spiro atoms. The molecule has 1 aromatic heterocycles. The van der Waals surface area contributed by atoms with Gasteiger partial charge in [0.25, 0.3) is 0 Å². The molecule has 1 atom stereocenters. The Morgan fingerprint density at radius 3 is 2.62 bits per heavy atom. The van der Waals surface area contributed by atoms with Crippen molar-refractivity contribution in [3.63, 3.8) is 0 Å². The summed E-state index contributed by atoms with van der Waals surface area (Å²) in [5, 5.41) is 0.860. The number of carbonyl (C=O) groups excluding carboxylic acids is 1. The monoisotopic (exact) mass is 394 g/mol. The lowest BCUT2D eigenvalue weighted by Gasteiger charge is -2.23.